The summed E-state index contributed by atoms with van der Waals surface area (Å²) in [6.07, 6.45) is 1.99. The van der Waals surface area contributed by atoms with E-state index in [0.29, 0.717) is 0 Å². The summed E-state index contributed by atoms with van der Waals surface area (Å²) in [7, 11) is 1.90. The van der Waals surface area contributed by atoms with Crippen molar-refractivity contribution in [3.8, 4) is 0 Å². The van der Waals surface area contributed by atoms with Gasteiger partial charge in [-0.3, -0.25) is 0 Å². The molecular weight excluding hydrogens is 222 g/mol. The molecule has 1 nitrogen and oxygen atoms in total. The smallest absolute Gasteiger partial charge is 0.0577 e. The first-order valence-corrected chi connectivity index (χ1v) is 3.51. The standard InChI is InChI=1S/C4H7Br2N/c1-7-3-2-4(5)6/h2,7H,3H2,1H3. The Bertz CT molecular complexity index is 66.1. The predicted molar refractivity (Wildman–Crippen MR) is 39.9 cm³/mol. The minimum Gasteiger partial charge on any atom is -0.316 e. The second-order valence-corrected chi connectivity index (χ2v) is 3.82. The minimum atomic E-state index is 0.895. The highest BCUT2D eigenvalue weighted by atomic mass is 79.9. The fraction of sp³-hybridized carbons (Fsp3) is 0.500. The Kier molecular flexibility index (Phi) is 5.26. The summed E-state index contributed by atoms with van der Waals surface area (Å²) in [6, 6.07) is 0. The van der Waals surface area contributed by atoms with Crippen LogP contribution < -0.4 is 5.32 Å². The zero-order valence-electron chi connectivity index (χ0n) is 4.04. The topological polar surface area (TPSA) is 12.0 Å². The Morgan fingerprint density at radius 3 is 2.43 bits per heavy atom. The SMILES string of the molecule is CNCC=C(Br)Br. The van der Waals surface area contributed by atoms with E-state index in [2.05, 4.69) is 37.2 Å². The van der Waals surface area contributed by atoms with Gasteiger partial charge in [-0.05, 0) is 45.0 Å². The van der Waals surface area contributed by atoms with E-state index < -0.39 is 0 Å². The third-order valence-corrected chi connectivity index (χ3v) is 1.11. The summed E-state index contributed by atoms with van der Waals surface area (Å²) in [5.74, 6) is 0. The number of hydrogen-bond donors (Lipinski definition) is 1. The molecule has 0 aromatic heterocycles. The number of halogens is 2. The molecule has 0 bridgehead atoms. The van der Waals surface area contributed by atoms with Gasteiger partial charge in [0.05, 0.1) is 3.39 Å². The molecule has 0 amide bonds. The molecule has 0 aliphatic carbocycles. The Labute approximate surface area is 60.4 Å². The zero-order chi connectivity index (χ0) is 5.70. The van der Waals surface area contributed by atoms with Crippen molar-refractivity contribution in [1.29, 1.82) is 0 Å². The third-order valence-electron chi connectivity index (χ3n) is 0.460. The molecule has 3 heteroatoms. The molecule has 0 aromatic rings. The predicted octanol–water partition coefficient (Wildman–Crippen LogP) is 1.84. The van der Waals surface area contributed by atoms with E-state index in [-0.39, 0.29) is 0 Å². The van der Waals surface area contributed by atoms with Crippen molar-refractivity contribution in [2.24, 2.45) is 0 Å². The number of hydrogen-bond acceptors (Lipinski definition) is 1. The van der Waals surface area contributed by atoms with Crippen LogP contribution in [0.15, 0.2) is 9.47 Å². The Hall–Kier alpha value is 0.660. The van der Waals surface area contributed by atoms with Gasteiger partial charge < -0.3 is 5.32 Å². The van der Waals surface area contributed by atoms with Gasteiger partial charge in [0.25, 0.3) is 0 Å². The normalized spacial score (nSPS) is 8.43. The lowest BCUT2D eigenvalue weighted by molar-refractivity contribution is 0.920. The Balaban J connectivity index is 3.08. The van der Waals surface area contributed by atoms with Crippen molar-refractivity contribution in [2.45, 2.75) is 0 Å². The molecule has 0 unspecified atom stereocenters. The van der Waals surface area contributed by atoms with Crippen molar-refractivity contribution in [3.63, 3.8) is 0 Å². The van der Waals surface area contributed by atoms with Gasteiger partial charge in [0.15, 0.2) is 0 Å². The van der Waals surface area contributed by atoms with Gasteiger partial charge in [0, 0.05) is 6.54 Å². The largest absolute Gasteiger partial charge is 0.316 e. The Morgan fingerprint density at radius 1 is 1.71 bits per heavy atom. The second-order valence-electron chi connectivity index (χ2n) is 1.05. The van der Waals surface area contributed by atoms with Gasteiger partial charge >= 0.3 is 0 Å². The van der Waals surface area contributed by atoms with Crippen LogP contribution in [0.3, 0.4) is 0 Å². The number of rotatable bonds is 2. The first-order valence-electron chi connectivity index (χ1n) is 1.93. The molecule has 0 fully saturated rings. The summed E-state index contributed by atoms with van der Waals surface area (Å²) in [6.45, 7) is 0.895. The maximum absolute atomic E-state index is 3.21. The second kappa shape index (κ2) is 4.81. The molecule has 7 heavy (non-hydrogen) atoms. The van der Waals surface area contributed by atoms with Crippen LogP contribution in [0.5, 0.6) is 0 Å². The van der Waals surface area contributed by atoms with E-state index in [9.17, 15) is 0 Å². The van der Waals surface area contributed by atoms with Crippen LogP contribution in [0, 0.1) is 0 Å². The highest BCUT2D eigenvalue weighted by molar-refractivity contribution is 9.28. The molecule has 0 spiro atoms. The fourth-order valence-corrected chi connectivity index (χ4v) is 0.503. The number of nitrogens with one attached hydrogen (secondary N) is 1. The third kappa shape index (κ3) is 6.66. The lowest BCUT2D eigenvalue weighted by atomic mass is 10.6. The van der Waals surface area contributed by atoms with E-state index in [4.69, 9.17) is 0 Å². The van der Waals surface area contributed by atoms with Crippen molar-refractivity contribution in [2.75, 3.05) is 13.6 Å². The molecule has 0 radical (unpaired) electrons. The van der Waals surface area contributed by atoms with Gasteiger partial charge in [-0.25, -0.2) is 0 Å². The molecule has 1 N–H and O–H groups in total. The van der Waals surface area contributed by atoms with Crippen LogP contribution in [-0.2, 0) is 0 Å². The first-order chi connectivity index (χ1) is 3.27. The van der Waals surface area contributed by atoms with Crippen LogP contribution in [0.1, 0.15) is 0 Å². The van der Waals surface area contributed by atoms with Crippen molar-refractivity contribution < 1.29 is 0 Å². The van der Waals surface area contributed by atoms with Crippen LogP contribution in [-0.4, -0.2) is 13.6 Å². The van der Waals surface area contributed by atoms with Crippen LogP contribution in [0.25, 0.3) is 0 Å². The maximum Gasteiger partial charge on any atom is 0.0577 e. The van der Waals surface area contributed by atoms with Gasteiger partial charge in [0.1, 0.15) is 0 Å². The van der Waals surface area contributed by atoms with Crippen LogP contribution in [0.4, 0.5) is 0 Å². The highest BCUT2D eigenvalue weighted by Gasteiger charge is 1.75. The molecule has 0 rings (SSSR count). The average molecular weight is 229 g/mol. The summed E-state index contributed by atoms with van der Waals surface area (Å²) < 4.78 is 0.995. The van der Waals surface area contributed by atoms with Gasteiger partial charge in [-0.2, -0.15) is 0 Å². The van der Waals surface area contributed by atoms with Crippen molar-refractivity contribution >= 4 is 31.9 Å². The van der Waals surface area contributed by atoms with E-state index in [0.717, 1.165) is 9.94 Å². The lowest BCUT2D eigenvalue weighted by Crippen LogP contribution is -2.03. The molecule has 0 aliphatic rings. The summed E-state index contributed by atoms with van der Waals surface area (Å²) >= 11 is 6.43. The first kappa shape index (κ1) is 7.66. The molecule has 0 saturated carbocycles. The van der Waals surface area contributed by atoms with Crippen molar-refractivity contribution in [1.82, 2.24) is 5.32 Å². The highest BCUT2D eigenvalue weighted by Crippen LogP contribution is 2.10. The fourth-order valence-electron chi connectivity index (χ4n) is 0.179. The van der Waals surface area contributed by atoms with Gasteiger partial charge in [-0.15, -0.1) is 0 Å². The summed E-state index contributed by atoms with van der Waals surface area (Å²) in [5, 5.41) is 2.96. The van der Waals surface area contributed by atoms with Crippen LogP contribution >= 0.6 is 31.9 Å². The van der Waals surface area contributed by atoms with Crippen molar-refractivity contribution in [3.05, 3.63) is 9.47 Å². The molecular formula is C4H7Br2N. The maximum atomic E-state index is 3.21. The van der Waals surface area contributed by atoms with Gasteiger partial charge in [0.2, 0.25) is 0 Å². The molecule has 0 saturated heterocycles. The molecule has 0 heterocycles. The monoisotopic (exact) mass is 227 g/mol. The molecule has 0 aromatic carbocycles. The average Bonchev–Trinajstić information content (AvgIpc) is 1.61. The van der Waals surface area contributed by atoms with E-state index >= 15 is 0 Å². The summed E-state index contributed by atoms with van der Waals surface area (Å²) in [4.78, 5) is 0. The van der Waals surface area contributed by atoms with Gasteiger partial charge in [-0.1, -0.05) is 0 Å². The molecule has 0 atom stereocenters. The minimum absolute atomic E-state index is 0.895. The van der Waals surface area contributed by atoms with Crippen LogP contribution in [0.2, 0.25) is 0 Å². The van der Waals surface area contributed by atoms with E-state index in [1.807, 2.05) is 13.1 Å². The Morgan fingerprint density at radius 2 is 2.29 bits per heavy atom. The lowest BCUT2D eigenvalue weighted by Gasteiger charge is -1.85. The zero-order valence-corrected chi connectivity index (χ0v) is 7.21. The van der Waals surface area contributed by atoms with E-state index in [1.54, 1.807) is 0 Å². The molecule has 42 valence electrons. The summed E-state index contributed by atoms with van der Waals surface area (Å²) in [5.41, 5.74) is 0. The quantitative estimate of drug-likeness (QED) is 0.761. The van der Waals surface area contributed by atoms with E-state index in [1.165, 1.54) is 0 Å². The number of likely N-dealkylation sites (N-methyl/N-ethyl adjacent to an activating group) is 1. The molecule has 0 aliphatic heterocycles.